The van der Waals surface area contributed by atoms with Crippen molar-refractivity contribution in [3.8, 4) is 41.0 Å². The number of likely N-dealkylation sites (N-methyl/N-ethyl adjacent to an activating group) is 1. The second-order valence-corrected chi connectivity index (χ2v) is 13.4. The Kier molecular flexibility index (Phi) is 8.87. The van der Waals surface area contributed by atoms with E-state index in [1.807, 2.05) is 54.9 Å². The molecule has 0 unspecified atom stereocenters. The lowest BCUT2D eigenvalue weighted by molar-refractivity contribution is -0.129. The average Bonchev–Trinajstić information content (AvgIpc) is 3.76. The Labute approximate surface area is 290 Å². The van der Waals surface area contributed by atoms with Crippen LogP contribution in [0.5, 0.6) is 5.88 Å². The van der Waals surface area contributed by atoms with Gasteiger partial charge in [0.2, 0.25) is 5.88 Å². The number of amides is 1. The van der Waals surface area contributed by atoms with E-state index in [0.29, 0.717) is 69.2 Å². The van der Waals surface area contributed by atoms with Crippen molar-refractivity contribution in [1.82, 2.24) is 24.6 Å². The summed E-state index contributed by atoms with van der Waals surface area (Å²) in [4.78, 5) is 21.7. The molecule has 0 N–H and O–H groups in total. The molecule has 2 aliphatic rings. The second-order valence-electron chi connectivity index (χ2n) is 13.4. The number of aryl methyl sites for hydroxylation is 1. The minimum Gasteiger partial charge on any atom is -0.472 e. The molecule has 3 aromatic carbocycles. The SMILES string of the molecule is CC#CC(=O)N1CC[C@H](n2ncc3c(O[C@@H](C)[C@@H]4CCCN4C)nc4c(F)c(-c5cccc6cccc(C#N)c56)c(C)cc4c32)C[C@H]1CC#N. The minimum atomic E-state index is -0.494. The van der Waals surface area contributed by atoms with Crippen molar-refractivity contribution in [2.75, 3.05) is 20.1 Å². The van der Waals surface area contributed by atoms with Crippen LogP contribution >= 0.6 is 0 Å². The molecule has 9 nitrogen and oxygen atoms in total. The van der Waals surface area contributed by atoms with E-state index in [1.54, 1.807) is 24.1 Å². The molecular formula is C40H38FN7O2. The molecule has 4 atom stereocenters. The number of likely N-dealkylation sites (tertiary alicyclic amines) is 2. The fourth-order valence-corrected chi connectivity index (χ4v) is 8.13. The number of aromatic nitrogens is 3. The minimum absolute atomic E-state index is 0.160. The van der Waals surface area contributed by atoms with Gasteiger partial charge in [0.1, 0.15) is 11.6 Å². The average molecular weight is 668 g/mol. The third-order valence-corrected chi connectivity index (χ3v) is 10.5. The molecule has 0 saturated carbocycles. The summed E-state index contributed by atoms with van der Waals surface area (Å²) in [6, 6.07) is 17.3. The maximum atomic E-state index is 17.3. The van der Waals surface area contributed by atoms with Crippen molar-refractivity contribution in [2.45, 2.75) is 77.1 Å². The summed E-state index contributed by atoms with van der Waals surface area (Å²) in [6.07, 6.45) is 4.86. The van der Waals surface area contributed by atoms with Gasteiger partial charge in [0.25, 0.3) is 5.91 Å². The first-order valence-corrected chi connectivity index (χ1v) is 17.1. The highest BCUT2D eigenvalue weighted by molar-refractivity contribution is 6.09. The predicted molar refractivity (Wildman–Crippen MR) is 191 cm³/mol. The van der Waals surface area contributed by atoms with Gasteiger partial charge in [0.15, 0.2) is 5.82 Å². The Bertz CT molecular complexity index is 2300. The van der Waals surface area contributed by atoms with Crippen LogP contribution in [-0.2, 0) is 4.79 Å². The largest absolute Gasteiger partial charge is 0.472 e. The monoisotopic (exact) mass is 667 g/mol. The number of halogens is 1. The molecule has 50 heavy (non-hydrogen) atoms. The number of nitrogens with zero attached hydrogens (tertiary/aromatic N) is 7. The lowest BCUT2D eigenvalue weighted by Gasteiger charge is -2.37. The molecule has 2 saturated heterocycles. The van der Waals surface area contributed by atoms with E-state index in [-0.39, 0.29) is 42.1 Å². The van der Waals surface area contributed by atoms with E-state index < -0.39 is 5.82 Å². The smallest absolute Gasteiger partial charge is 0.298 e. The summed E-state index contributed by atoms with van der Waals surface area (Å²) in [5.74, 6) is 4.84. The van der Waals surface area contributed by atoms with Crippen LogP contribution in [0, 0.1) is 47.2 Å². The predicted octanol–water partition coefficient (Wildman–Crippen LogP) is 7.05. The molecule has 0 aliphatic carbocycles. The number of benzene rings is 3. The summed E-state index contributed by atoms with van der Waals surface area (Å²) in [5, 5.41) is 27.3. The first-order chi connectivity index (χ1) is 24.2. The molecule has 0 radical (unpaired) electrons. The van der Waals surface area contributed by atoms with Crippen LogP contribution in [0.25, 0.3) is 43.7 Å². The first-order valence-electron chi connectivity index (χ1n) is 17.1. The summed E-state index contributed by atoms with van der Waals surface area (Å²) in [7, 11) is 2.09. The summed E-state index contributed by atoms with van der Waals surface area (Å²) >= 11 is 0. The molecule has 2 fully saturated rings. The van der Waals surface area contributed by atoms with Crippen LogP contribution in [0.4, 0.5) is 4.39 Å². The lowest BCUT2D eigenvalue weighted by atomic mass is 9.90. The Morgan fingerprint density at radius 3 is 2.66 bits per heavy atom. The summed E-state index contributed by atoms with van der Waals surface area (Å²) in [5.41, 5.74) is 3.04. The maximum absolute atomic E-state index is 17.3. The quantitative estimate of drug-likeness (QED) is 0.178. The number of carbonyl (C=O) groups is 1. The second kappa shape index (κ2) is 13.4. The number of ether oxygens (including phenoxy) is 1. The number of piperidine rings is 1. The van der Waals surface area contributed by atoms with Crippen LogP contribution in [0.2, 0.25) is 0 Å². The van der Waals surface area contributed by atoms with Crippen molar-refractivity contribution in [1.29, 1.82) is 10.5 Å². The fraction of sp³-hybridized carbons (Fsp3) is 0.375. The van der Waals surface area contributed by atoms with E-state index in [1.165, 1.54) is 0 Å². The zero-order valence-electron chi connectivity index (χ0n) is 28.7. The van der Waals surface area contributed by atoms with Gasteiger partial charge in [-0.05, 0) is 94.6 Å². The van der Waals surface area contributed by atoms with Crippen LogP contribution in [-0.4, -0.2) is 68.8 Å². The number of nitriles is 2. The molecule has 0 spiro atoms. The van der Waals surface area contributed by atoms with Crippen LogP contribution in [0.15, 0.2) is 48.7 Å². The van der Waals surface area contributed by atoms with Crippen LogP contribution in [0.3, 0.4) is 0 Å². The Morgan fingerprint density at radius 2 is 1.94 bits per heavy atom. The van der Waals surface area contributed by atoms with E-state index >= 15 is 4.39 Å². The highest BCUT2D eigenvalue weighted by Crippen LogP contribution is 2.42. The van der Waals surface area contributed by atoms with Crippen molar-refractivity contribution in [2.24, 2.45) is 0 Å². The van der Waals surface area contributed by atoms with Crippen molar-refractivity contribution in [3.05, 3.63) is 65.6 Å². The molecule has 1 amide bonds. The number of hydrogen-bond donors (Lipinski definition) is 0. The molecule has 0 bridgehead atoms. The zero-order valence-corrected chi connectivity index (χ0v) is 28.7. The maximum Gasteiger partial charge on any atom is 0.298 e. The molecule has 7 rings (SSSR count). The Hall–Kier alpha value is -5.50. The summed E-state index contributed by atoms with van der Waals surface area (Å²) < 4.78 is 25.9. The van der Waals surface area contributed by atoms with Gasteiger partial charge in [-0.15, -0.1) is 0 Å². The Morgan fingerprint density at radius 1 is 1.14 bits per heavy atom. The van der Waals surface area contributed by atoms with Gasteiger partial charge in [-0.2, -0.15) is 15.6 Å². The number of fused-ring (bicyclic) bond motifs is 4. The number of carbonyl (C=O) groups excluding carboxylic acids is 1. The van der Waals surface area contributed by atoms with Crippen molar-refractivity contribution >= 4 is 38.5 Å². The van der Waals surface area contributed by atoms with Gasteiger partial charge in [0.05, 0.1) is 47.3 Å². The molecule has 4 heterocycles. The third-order valence-electron chi connectivity index (χ3n) is 10.5. The topological polar surface area (TPSA) is 111 Å². The zero-order chi connectivity index (χ0) is 35.1. The van der Waals surface area contributed by atoms with Gasteiger partial charge in [-0.25, -0.2) is 9.37 Å². The summed E-state index contributed by atoms with van der Waals surface area (Å²) in [6.45, 7) is 6.94. The van der Waals surface area contributed by atoms with E-state index in [4.69, 9.17) is 14.8 Å². The Balaban J connectivity index is 1.43. The van der Waals surface area contributed by atoms with Gasteiger partial charge >= 0.3 is 0 Å². The van der Waals surface area contributed by atoms with Crippen molar-refractivity contribution < 1.29 is 13.9 Å². The number of rotatable bonds is 6. The lowest BCUT2D eigenvalue weighted by Crippen LogP contribution is -2.46. The van der Waals surface area contributed by atoms with Gasteiger partial charge < -0.3 is 9.64 Å². The molecule has 2 aromatic heterocycles. The first kappa shape index (κ1) is 33.0. The molecule has 2 aliphatic heterocycles. The highest BCUT2D eigenvalue weighted by atomic mass is 19.1. The van der Waals surface area contributed by atoms with Gasteiger partial charge in [-0.3, -0.25) is 14.4 Å². The fourth-order valence-electron chi connectivity index (χ4n) is 8.13. The standard InChI is InChI=1S/C40H38FN7O2/c1-5-9-34(49)47-19-16-29(21-28(47)15-17-42)48-39-31-20-24(2)35(30-13-7-11-26-10-6-12-27(22-43)36(26)30)37(41)38(31)45-40(32(39)23-44-48)50-25(3)33-14-8-18-46(33)4/h6-7,10-13,20,23,25,28-29,33H,8,14-16,18-19,21H2,1-4H3/t25-,28+,29-,33-/m0/s1. The molecule has 252 valence electrons. The van der Waals surface area contributed by atoms with Gasteiger partial charge in [0, 0.05) is 35.0 Å². The highest BCUT2D eigenvalue weighted by Gasteiger charge is 2.35. The third kappa shape index (κ3) is 5.58. The normalized spacial score (nSPS) is 20.0. The van der Waals surface area contributed by atoms with E-state index in [9.17, 15) is 15.3 Å². The molecule has 5 aromatic rings. The molecular weight excluding hydrogens is 629 g/mol. The van der Waals surface area contributed by atoms with Crippen molar-refractivity contribution in [3.63, 3.8) is 0 Å². The molecule has 10 heteroatoms. The van der Waals surface area contributed by atoms with E-state index in [0.717, 1.165) is 24.8 Å². The van der Waals surface area contributed by atoms with Crippen LogP contribution < -0.4 is 4.74 Å². The number of pyridine rings is 1. The van der Waals surface area contributed by atoms with Gasteiger partial charge in [-0.1, -0.05) is 36.3 Å². The van der Waals surface area contributed by atoms with Crippen LogP contribution in [0.1, 0.15) is 63.1 Å². The van der Waals surface area contributed by atoms with E-state index in [2.05, 4.69) is 35.9 Å². The number of hydrogen-bond acceptors (Lipinski definition) is 7.